The molecular weight excluding hydrogens is 154 g/mol. The van der Waals surface area contributed by atoms with Gasteiger partial charge in [-0.15, -0.1) is 0 Å². The Labute approximate surface area is 73.2 Å². The number of hydrogen-bond donors (Lipinski definition) is 2. The van der Waals surface area contributed by atoms with E-state index in [1.54, 1.807) is 0 Å². The standard InChI is InChI=1S/C8H17N3O/c1-4-7(9)10-5-8(12)11-6(2)3/h6H,4-5H2,1-3H3,(H2,9,10)(H,11,12). The van der Waals surface area contributed by atoms with E-state index >= 15 is 0 Å². The molecule has 0 aliphatic carbocycles. The molecular formula is C8H17N3O. The lowest BCUT2D eigenvalue weighted by atomic mass is 10.4. The van der Waals surface area contributed by atoms with Gasteiger partial charge in [0.25, 0.3) is 0 Å². The van der Waals surface area contributed by atoms with Gasteiger partial charge in [0.15, 0.2) is 0 Å². The van der Waals surface area contributed by atoms with Crippen molar-refractivity contribution in [3.63, 3.8) is 0 Å². The van der Waals surface area contributed by atoms with Gasteiger partial charge in [0.05, 0.1) is 5.84 Å². The normalized spacial score (nSPS) is 11.8. The molecule has 3 N–H and O–H groups in total. The van der Waals surface area contributed by atoms with E-state index in [0.717, 1.165) is 0 Å². The molecule has 0 rings (SSSR count). The molecule has 0 radical (unpaired) electrons. The first-order chi connectivity index (χ1) is 5.56. The number of aliphatic imine (C=N–C) groups is 1. The Morgan fingerprint density at radius 3 is 2.58 bits per heavy atom. The van der Waals surface area contributed by atoms with Crippen molar-refractivity contribution in [1.29, 1.82) is 0 Å². The average molecular weight is 171 g/mol. The van der Waals surface area contributed by atoms with Gasteiger partial charge in [0.1, 0.15) is 6.54 Å². The molecule has 0 spiro atoms. The van der Waals surface area contributed by atoms with E-state index < -0.39 is 0 Å². The van der Waals surface area contributed by atoms with Crippen molar-refractivity contribution in [3.8, 4) is 0 Å². The molecule has 0 aliphatic heterocycles. The molecule has 0 saturated carbocycles. The van der Waals surface area contributed by atoms with Gasteiger partial charge < -0.3 is 11.1 Å². The van der Waals surface area contributed by atoms with Crippen molar-refractivity contribution >= 4 is 11.7 Å². The van der Waals surface area contributed by atoms with Crippen LogP contribution in [0, 0.1) is 0 Å². The molecule has 0 unspecified atom stereocenters. The Hall–Kier alpha value is -1.06. The molecule has 0 heterocycles. The summed E-state index contributed by atoms with van der Waals surface area (Å²) in [6.07, 6.45) is 0.689. The number of carbonyl (C=O) groups is 1. The van der Waals surface area contributed by atoms with Gasteiger partial charge in [-0.25, -0.2) is 0 Å². The highest BCUT2D eigenvalue weighted by Gasteiger charge is 2.00. The van der Waals surface area contributed by atoms with Crippen molar-refractivity contribution in [2.75, 3.05) is 6.54 Å². The maximum absolute atomic E-state index is 11.0. The second-order valence-electron chi connectivity index (χ2n) is 2.88. The topological polar surface area (TPSA) is 67.5 Å². The zero-order chi connectivity index (χ0) is 9.56. The first-order valence-electron chi connectivity index (χ1n) is 4.14. The molecule has 0 aromatic carbocycles. The predicted molar refractivity (Wildman–Crippen MR) is 50.1 cm³/mol. The number of hydrogen-bond acceptors (Lipinski definition) is 2. The van der Waals surface area contributed by atoms with E-state index in [0.29, 0.717) is 12.3 Å². The first-order valence-corrected chi connectivity index (χ1v) is 4.14. The molecule has 0 saturated heterocycles. The summed E-state index contributed by atoms with van der Waals surface area (Å²) in [6, 6.07) is 0.163. The maximum atomic E-state index is 11.0. The van der Waals surface area contributed by atoms with Gasteiger partial charge in [0, 0.05) is 12.5 Å². The predicted octanol–water partition coefficient (Wildman–Crippen LogP) is 0.278. The number of nitrogens with two attached hydrogens (primary N) is 1. The Bertz CT molecular complexity index is 175. The summed E-state index contributed by atoms with van der Waals surface area (Å²) >= 11 is 0. The summed E-state index contributed by atoms with van der Waals surface area (Å²) < 4.78 is 0. The van der Waals surface area contributed by atoms with E-state index in [2.05, 4.69) is 10.3 Å². The lowest BCUT2D eigenvalue weighted by molar-refractivity contribution is -0.120. The summed E-state index contributed by atoms with van der Waals surface area (Å²) in [6.45, 7) is 5.85. The molecule has 0 bridgehead atoms. The molecule has 0 aliphatic rings. The summed E-state index contributed by atoms with van der Waals surface area (Å²) in [4.78, 5) is 14.9. The molecule has 0 aromatic heterocycles. The average Bonchev–Trinajstić information content (AvgIpc) is 1.99. The van der Waals surface area contributed by atoms with Gasteiger partial charge in [-0.3, -0.25) is 9.79 Å². The zero-order valence-corrected chi connectivity index (χ0v) is 7.92. The minimum absolute atomic E-state index is 0.0820. The Morgan fingerprint density at radius 1 is 1.58 bits per heavy atom. The highest BCUT2D eigenvalue weighted by molar-refractivity contribution is 5.85. The van der Waals surface area contributed by atoms with Crippen molar-refractivity contribution in [1.82, 2.24) is 5.32 Å². The quantitative estimate of drug-likeness (QED) is 0.471. The van der Waals surface area contributed by atoms with Crippen LogP contribution in [0.3, 0.4) is 0 Å². The number of nitrogens with zero attached hydrogens (tertiary/aromatic N) is 1. The molecule has 0 aromatic rings. The van der Waals surface area contributed by atoms with Crippen LogP contribution in [0.2, 0.25) is 0 Å². The fourth-order valence-electron chi connectivity index (χ4n) is 0.653. The zero-order valence-electron chi connectivity index (χ0n) is 7.92. The van der Waals surface area contributed by atoms with Crippen molar-refractivity contribution in [2.24, 2.45) is 10.7 Å². The molecule has 4 nitrogen and oxygen atoms in total. The minimum Gasteiger partial charge on any atom is -0.387 e. The molecule has 0 atom stereocenters. The monoisotopic (exact) mass is 171 g/mol. The summed E-state index contributed by atoms with van der Waals surface area (Å²) in [5.41, 5.74) is 5.42. The summed E-state index contributed by atoms with van der Waals surface area (Å²) in [5.74, 6) is 0.440. The SMILES string of the molecule is CCC(N)=NCC(=O)NC(C)C. The number of nitrogens with one attached hydrogen (secondary N) is 1. The largest absolute Gasteiger partial charge is 0.387 e. The van der Waals surface area contributed by atoms with Crippen LogP contribution in [0.4, 0.5) is 0 Å². The van der Waals surface area contributed by atoms with Gasteiger partial charge >= 0.3 is 0 Å². The smallest absolute Gasteiger partial charge is 0.241 e. The van der Waals surface area contributed by atoms with E-state index in [-0.39, 0.29) is 18.5 Å². The van der Waals surface area contributed by atoms with Crippen LogP contribution in [-0.2, 0) is 4.79 Å². The highest BCUT2D eigenvalue weighted by atomic mass is 16.1. The molecule has 12 heavy (non-hydrogen) atoms. The van der Waals surface area contributed by atoms with Gasteiger partial charge in [0.2, 0.25) is 5.91 Å². The van der Waals surface area contributed by atoms with Gasteiger partial charge in [-0.1, -0.05) is 6.92 Å². The van der Waals surface area contributed by atoms with Crippen LogP contribution in [-0.4, -0.2) is 24.3 Å². The molecule has 0 fully saturated rings. The maximum Gasteiger partial charge on any atom is 0.241 e. The summed E-state index contributed by atoms with van der Waals surface area (Å²) in [7, 11) is 0. The number of carbonyl (C=O) groups excluding carboxylic acids is 1. The minimum atomic E-state index is -0.0820. The number of amides is 1. The number of rotatable bonds is 4. The second-order valence-corrected chi connectivity index (χ2v) is 2.88. The fraction of sp³-hybridized carbons (Fsp3) is 0.750. The summed E-state index contributed by atoms with van der Waals surface area (Å²) in [5, 5.41) is 2.72. The lowest BCUT2D eigenvalue weighted by Crippen LogP contribution is -2.32. The molecule has 4 heteroatoms. The van der Waals surface area contributed by atoms with Crippen molar-refractivity contribution in [3.05, 3.63) is 0 Å². The fourth-order valence-corrected chi connectivity index (χ4v) is 0.653. The van der Waals surface area contributed by atoms with E-state index in [1.807, 2.05) is 20.8 Å². The van der Waals surface area contributed by atoms with E-state index in [9.17, 15) is 4.79 Å². The van der Waals surface area contributed by atoms with Gasteiger partial charge in [-0.2, -0.15) is 0 Å². The Balaban J connectivity index is 3.71. The number of amidine groups is 1. The van der Waals surface area contributed by atoms with Crippen LogP contribution < -0.4 is 11.1 Å². The Kier molecular flexibility index (Phi) is 5.08. The third kappa shape index (κ3) is 5.70. The van der Waals surface area contributed by atoms with E-state index in [1.165, 1.54) is 0 Å². The van der Waals surface area contributed by atoms with Crippen molar-refractivity contribution in [2.45, 2.75) is 33.2 Å². The third-order valence-corrected chi connectivity index (χ3v) is 1.24. The van der Waals surface area contributed by atoms with E-state index in [4.69, 9.17) is 5.73 Å². The van der Waals surface area contributed by atoms with Gasteiger partial charge in [-0.05, 0) is 13.8 Å². The first kappa shape index (κ1) is 10.9. The lowest BCUT2D eigenvalue weighted by Gasteiger charge is -2.05. The van der Waals surface area contributed by atoms with Crippen LogP contribution in [0.15, 0.2) is 4.99 Å². The van der Waals surface area contributed by atoms with Crippen LogP contribution >= 0.6 is 0 Å². The van der Waals surface area contributed by atoms with Crippen LogP contribution in [0.25, 0.3) is 0 Å². The van der Waals surface area contributed by atoms with Crippen LogP contribution in [0.5, 0.6) is 0 Å². The highest BCUT2D eigenvalue weighted by Crippen LogP contribution is 1.81. The second kappa shape index (κ2) is 5.57. The molecule has 70 valence electrons. The van der Waals surface area contributed by atoms with Crippen molar-refractivity contribution < 1.29 is 4.79 Å². The molecule has 1 amide bonds. The Morgan fingerprint density at radius 2 is 2.17 bits per heavy atom. The third-order valence-electron chi connectivity index (χ3n) is 1.24. The van der Waals surface area contributed by atoms with Crippen LogP contribution in [0.1, 0.15) is 27.2 Å².